The average molecular weight is 494 g/mol. The number of benzene rings is 1. The maximum Gasteiger partial charge on any atom is 0.490 e. The van der Waals surface area contributed by atoms with Crippen molar-refractivity contribution in [2.75, 3.05) is 13.7 Å². The van der Waals surface area contributed by atoms with Crippen molar-refractivity contribution in [2.45, 2.75) is 24.7 Å². The number of hydrogen-bond acceptors (Lipinski definition) is 5. The molecule has 0 saturated carbocycles. The van der Waals surface area contributed by atoms with Crippen molar-refractivity contribution in [3.8, 4) is 0 Å². The zero-order chi connectivity index (χ0) is 22.6. The number of nitrogens with zero attached hydrogens (tertiary/aromatic N) is 1. The normalized spacial score (nSPS) is 18.5. The number of amides is 1. The van der Waals surface area contributed by atoms with Gasteiger partial charge in [0.15, 0.2) is 0 Å². The van der Waals surface area contributed by atoms with Crippen LogP contribution in [0.3, 0.4) is 0 Å². The van der Waals surface area contributed by atoms with Crippen LogP contribution in [0.1, 0.15) is 16.9 Å². The van der Waals surface area contributed by atoms with E-state index in [1.54, 1.807) is 0 Å². The minimum Gasteiger partial charge on any atom is -0.475 e. The summed E-state index contributed by atoms with van der Waals surface area (Å²) >= 11 is 3.51. The molecule has 1 aliphatic rings. The van der Waals surface area contributed by atoms with Crippen molar-refractivity contribution < 1.29 is 37.4 Å². The second kappa shape index (κ2) is 9.47. The second-order valence-electron chi connectivity index (χ2n) is 6.45. The number of nitrogens with one attached hydrogen (secondary N) is 2. The van der Waals surface area contributed by atoms with Gasteiger partial charge in [-0.25, -0.2) is 4.79 Å². The van der Waals surface area contributed by atoms with E-state index in [-0.39, 0.29) is 24.0 Å². The van der Waals surface area contributed by atoms with Crippen LogP contribution in [0, 0.1) is 0 Å². The lowest BCUT2D eigenvalue weighted by Crippen LogP contribution is -2.37. The highest BCUT2D eigenvalue weighted by molar-refractivity contribution is 9.10. The highest BCUT2D eigenvalue weighted by Gasteiger charge is 2.38. The minimum atomic E-state index is -5.08. The molecule has 1 unspecified atom stereocenters. The van der Waals surface area contributed by atoms with Crippen LogP contribution in [-0.4, -0.2) is 59.4 Å². The molecule has 30 heavy (non-hydrogen) atoms. The van der Waals surface area contributed by atoms with Gasteiger partial charge in [0.05, 0.1) is 7.11 Å². The van der Waals surface area contributed by atoms with E-state index < -0.39 is 12.1 Å². The van der Waals surface area contributed by atoms with Gasteiger partial charge in [-0.1, -0.05) is 22.0 Å². The van der Waals surface area contributed by atoms with Crippen LogP contribution in [-0.2, 0) is 21.4 Å². The zero-order valence-electron chi connectivity index (χ0n) is 15.9. The molecule has 8 nitrogen and oxygen atoms in total. The topological polar surface area (TPSA) is 110 Å². The predicted molar refractivity (Wildman–Crippen MR) is 104 cm³/mol. The summed E-state index contributed by atoms with van der Waals surface area (Å²) < 4.78 is 39.3. The Morgan fingerprint density at radius 1 is 1.33 bits per heavy atom. The van der Waals surface area contributed by atoms with Gasteiger partial charge >= 0.3 is 18.1 Å². The minimum absolute atomic E-state index is 0.0898. The van der Waals surface area contributed by atoms with E-state index in [0.29, 0.717) is 18.7 Å². The Morgan fingerprint density at radius 2 is 1.97 bits per heavy atom. The Balaban J connectivity index is 0.000000396. The molecular weight excluding hydrogens is 475 g/mol. The number of carboxylic acid groups (broad SMARTS) is 1. The molecule has 1 amide bonds. The van der Waals surface area contributed by atoms with Crippen LogP contribution < -0.4 is 10.6 Å². The molecule has 164 valence electrons. The van der Waals surface area contributed by atoms with E-state index >= 15 is 0 Å². The number of aryl methyl sites for hydroxylation is 1. The molecule has 3 N–H and O–H groups in total. The first-order chi connectivity index (χ1) is 14.0. The number of esters is 1. The third-order valence-corrected chi connectivity index (χ3v) is 5.15. The number of alkyl halides is 3. The van der Waals surface area contributed by atoms with Gasteiger partial charge in [-0.15, -0.1) is 0 Å². The maximum atomic E-state index is 12.6. The van der Waals surface area contributed by atoms with Crippen LogP contribution in [0.4, 0.5) is 13.2 Å². The number of rotatable bonds is 3. The molecule has 0 bridgehead atoms. The molecule has 1 saturated heterocycles. The summed E-state index contributed by atoms with van der Waals surface area (Å²) in [7, 11) is 3.23. The van der Waals surface area contributed by atoms with Gasteiger partial charge in [0, 0.05) is 35.0 Å². The molecule has 1 aromatic carbocycles. The van der Waals surface area contributed by atoms with Crippen molar-refractivity contribution in [3.63, 3.8) is 0 Å². The molecule has 0 radical (unpaired) electrons. The third-order valence-electron chi connectivity index (χ3n) is 4.46. The summed E-state index contributed by atoms with van der Waals surface area (Å²) in [6.45, 7) is 0.555. The van der Waals surface area contributed by atoms with Gasteiger partial charge in [-0.05, 0) is 24.6 Å². The van der Waals surface area contributed by atoms with E-state index in [1.165, 1.54) is 7.11 Å². The number of methoxy groups -OCH3 is 1. The number of carboxylic acids is 1. The van der Waals surface area contributed by atoms with Crippen molar-refractivity contribution in [1.29, 1.82) is 0 Å². The van der Waals surface area contributed by atoms with Gasteiger partial charge in [0.2, 0.25) is 0 Å². The van der Waals surface area contributed by atoms with Gasteiger partial charge < -0.3 is 25.0 Å². The predicted octanol–water partition coefficient (Wildman–Crippen LogP) is 2.21. The van der Waals surface area contributed by atoms with Crippen LogP contribution in [0.2, 0.25) is 0 Å². The van der Waals surface area contributed by atoms with Crippen molar-refractivity contribution in [2.24, 2.45) is 7.05 Å². The second-order valence-corrected chi connectivity index (χ2v) is 7.31. The largest absolute Gasteiger partial charge is 0.490 e. The Hall–Kier alpha value is -2.60. The van der Waals surface area contributed by atoms with Gasteiger partial charge in [-0.3, -0.25) is 9.59 Å². The molecule has 1 aliphatic heterocycles. The molecule has 3 rings (SSSR count). The van der Waals surface area contributed by atoms with Crippen LogP contribution in [0.15, 0.2) is 28.7 Å². The fraction of sp³-hybridized carbons (Fsp3) is 0.389. The fourth-order valence-corrected chi connectivity index (χ4v) is 3.44. The Bertz CT molecular complexity index is 960. The number of hydrogen-bond donors (Lipinski definition) is 3. The zero-order valence-corrected chi connectivity index (χ0v) is 17.5. The van der Waals surface area contributed by atoms with E-state index in [4.69, 9.17) is 14.6 Å². The molecule has 1 aromatic heterocycles. The average Bonchev–Trinajstić information content (AvgIpc) is 3.27. The van der Waals surface area contributed by atoms with Crippen molar-refractivity contribution in [3.05, 3.63) is 34.4 Å². The van der Waals surface area contributed by atoms with Crippen LogP contribution in [0.5, 0.6) is 0 Å². The first-order valence-electron chi connectivity index (χ1n) is 8.61. The number of carbonyl (C=O) groups is 3. The maximum absolute atomic E-state index is 12.6. The number of aromatic nitrogens is 1. The lowest BCUT2D eigenvalue weighted by atomic mass is 10.1. The molecule has 12 heteroatoms. The molecule has 2 atom stereocenters. The fourth-order valence-electron chi connectivity index (χ4n) is 2.97. The summed E-state index contributed by atoms with van der Waals surface area (Å²) in [5.74, 6) is -3.20. The highest BCUT2D eigenvalue weighted by atomic mass is 79.9. The molecule has 2 heterocycles. The lowest BCUT2D eigenvalue weighted by Gasteiger charge is -2.12. The smallest absolute Gasteiger partial charge is 0.475 e. The van der Waals surface area contributed by atoms with Crippen molar-refractivity contribution >= 4 is 44.7 Å². The van der Waals surface area contributed by atoms with Gasteiger partial charge in [0.1, 0.15) is 11.7 Å². The van der Waals surface area contributed by atoms with Crippen LogP contribution >= 0.6 is 15.9 Å². The summed E-state index contributed by atoms with van der Waals surface area (Å²) in [4.78, 5) is 33.0. The lowest BCUT2D eigenvalue weighted by molar-refractivity contribution is -0.192. The molecule has 0 aliphatic carbocycles. The quantitative estimate of drug-likeness (QED) is 0.565. The summed E-state index contributed by atoms with van der Waals surface area (Å²) in [6, 6.07) is 7.29. The number of halogens is 4. The standard InChI is InChI=1S/C16H18BrN3O3.C2HF3O2/c1-20-13-5-3-4-11(17)10(13)7-14(20)15(21)19-9-6-12(18-8-9)16(22)23-2;3-2(4,5)1(6)7/h3-5,7,9,12,18H,6,8H2,1-2H3,(H,19,21);(H,6,7)/t9?,12-;/m0./s1. The van der Waals surface area contributed by atoms with Gasteiger partial charge in [-0.2, -0.15) is 13.2 Å². The van der Waals surface area contributed by atoms with E-state index in [0.717, 1.165) is 15.4 Å². The SMILES string of the molecule is COC(=O)[C@@H]1CC(NC(=O)c2cc3c(Br)cccc3n2C)CN1.O=C(O)C(F)(F)F. The first kappa shape index (κ1) is 23.7. The highest BCUT2D eigenvalue weighted by Crippen LogP contribution is 2.26. The van der Waals surface area contributed by atoms with Gasteiger partial charge in [0.25, 0.3) is 5.91 Å². The van der Waals surface area contributed by atoms with E-state index in [1.807, 2.05) is 35.9 Å². The van der Waals surface area contributed by atoms with E-state index in [9.17, 15) is 22.8 Å². The molecule has 0 spiro atoms. The number of aliphatic carboxylic acids is 1. The monoisotopic (exact) mass is 493 g/mol. The first-order valence-corrected chi connectivity index (χ1v) is 9.41. The van der Waals surface area contributed by atoms with Crippen LogP contribution in [0.25, 0.3) is 10.9 Å². The Labute approximate surface area is 177 Å². The summed E-state index contributed by atoms with van der Waals surface area (Å²) in [6.07, 6.45) is -4.55. The third kappa shape index (κ3) is 5.51. The number of carbonyl (C=O) groups excluding carboxylic acids is 2. The summed E-state index contributed by atoms with van der Waals surface area (Å²) in [5, 5.41) is 14.2. The number of ether oxygens (including phenoxy) is 1. The van der Waals surface area contributed by atoms with E-state index in [2.05, 4.69) is 26.6 Å². The molecule has 2 aromatic rings. The van der Waals surface area contributed by atoms with Crippen molar-refractivity contribution in [1.82, 2.24) is 15.2 Å². The Morgan fingerprint density at radius 3 is 2.50 bits per heavy atom. The Kier molecular flexibility index (Phi) is 7.48. The molecular formula is C18H19BrF3N3O5. The molecule has 1 fully saturated rings. The summed E-state index contributed by atoms with van der Waals surface area (Å²) in [5.41, 5.74) is 1.58. The number of fused-ring (bicyclic) bond motifs is 1.